The molecule has 1 aromatic rings. The van der Waals surface area contributed by atoms with Gasteiger partial charge in [0.05, 0.1) is 10.7 Å². The lowest BCUT2D eigenvalue weighted by molar-refractivity contribution is -0.117. The van der Waals surface area contributed by atoms with Crippen LogP contribution in [-0.4, -0.2) is 17.0 Å². The standard InChI is InChI=1S/C15H22ClN3O2/c1-9(15(2,3)4)7-13(20)18-12-8-10(14(17)19-21)5-6-11(12)16/h5-6,8-9,21H,7H2,1-4H3,(H2,17,19)(H,18,20). The molecule has 0 aliphatic rings. The second kappa shape index (κ2) is 6.80. The number of halogens is 1. The molecule has 116 valence electrons. The highest BCUT2D eigenvalue weighted by molar-refractivity contribution is 6.33. The van der Waals surface area contributed by atoms with Crippen molar-refractivity contribution >= 4 is 29.0 Å². The van der Waals surface area contributed by atoms with E-state index in [2.05, 4.69) is 31.2 Å². The monoisotopic (exact) mass is 311 g/mol. The molecule has 1 rings (SSSR count). The number of nitrogens with two attached hydrogens (primary N) is 1. The van der Waals surface area contributed by atoms with Crippen LogP contribution in [0.3, 0.4) is 0 Å². The maximum atomic E-state index is 12.1. The van der Waals surface area contributed by atoms with Crippen LogP contribution in [-0.2, 0) is 4.79 Å². The van der Waals surface area contributed by atoms with E-state index in [0.717, 1.165) is 0 Å². The minimum absolute atomic E-state index is 0.0368. The summed E-state index contributed by atoms with van der Waals surface area (Å²) in [7, 11) is 0. The number of anilines is 1. The van der Waals surface area contributed by atoms with Crippen molar-refractivity contribution in [3.05, 3.63) is 28.8 Å². The third-order valence-electron chi connectivity index (χ3n) is 3.61. The number of amides is 1. The fourth-order valence-electron chi connectivity index (χ4n) is 1.62. The van der Waals surface area contributed by atoms with Gasteiger partial charge in [-0.25, -0.2) is 0 Å². The summed E-state index contributed by atoms with van der Waals surface area (Å²) < 4.78 is 0. The van der Waals surface area contributed by atoms with Crippen molar-refractivity contribution in [3.63, 3.8) is 0 Å². The third-order valence-corrected chi connectivity index (χ3v) is 3.94. The zero-order valence-corrected chi connectivity index (χ0v) is 13.5. The fraction of sp³-hybridized carbons (Fsp3) is 0.467. The van der Waals surface area contributed by atoms with Crippen LogP contribution in [0.25, 0.3) is 0 Å². The number of nitrogens with one attached hydrogen (secondary N) is 1. The van der Waals surface area contributed by atoms with Gasteiger partial charge in [0.15, 0.2) is 5.84 Å². The zero-order valence-electron chi connectivity index (χ0n) is 12.8. The summed E-state index contributed by atoms with van der Waals surface area (Å²) in [5.41, 5.74) is 6.52. The Morgan fingerprint density at radius 3 is 2.62 bits per heavy atom. The number of hydrogen-bond donors (Lipinski definition) is 3. The van der Waals surface area contributed by atoms with Crippen molar-refractivity contribution in [2.45, 2.75) is 34.1 Å². The predicted octanol–water partition coefficient (Wildman–Crippen LogP) is 3.45. The normalized spacial score (nSPS) is 13.9. The van der Waals surface area contributed by atoms with E-state index < -0.39 is 0 Å². The van der Waals surface area contributed by atoms with Gasteiger partial charge in [-0.1, -0.05) is 44.5 Å². The highest BCUT2D eigenvalue weighted by atomic mass is 35.5. The zero-order chi connectivity index (χ0) is 16.2. The molecule has 1 unspecified atom stereocenters. The Bertz CT molecular complexity index is 550. The van der Waals surface area contributed by atoms with Crippen LogP contribution < -0.4 is 11.1 Å². The first-order valence-corrected chi connectivity index (χ1v) is 7.10. The van der Waals surface area contributed by atoms with Crippen LogP contribution in [0, 0.1) is 11.3 Å². The molecule has 0 aliphatic carbocycles. The Morgan fingerprint density at radius 2 is 2.10 bits per heavy atom. The first-order chi connectivity index (χ1) is 9.65. The molecular weight excluding hydrogens is 290 g/mol. The topological polar surface area (TPSA) is 87.7 Å². The average molecular weight is 312 g/mol. The van der Waals surface area contributed by atoms with Crippen molar-refractivity contribution in [2.75, 3.05) is 5.32 Å². The molecule has 4 N–H and O–H groups in total. The van der Waals surface area contributed by atoms with Crippen LogP contribution >= 0.6 is 11.6 Å². The summed E-state index contributed by atoms with van der Waals surface area (Å²) in [6, 6.07) is 4.79. The lowest BCUT2D eigenvalue weighted by atomic mass is 9.80. The second-order valence-electron chi connectivity index (χ2n) is 6.20. The Balaban J connectivity index is 2.85. The average Bonchev–Trinajstić information content (AvgIpc) is 2.39. The van der Waals surface area contributed by atoms with Crippen LogP contribution in [0.5, 0.6) is 0 Å². The van der Waals surface area contributed by atoms with Crippen molar-refractivity contribution in [1.82, 2.24) is 0 Å². The second-order valence-corrected chi connectivity index (χ2v) is 6.61. The Labute approximate surface area is 130 Å². The summed E-state index contributed by atoms with van der Waals surface area (Å²) in [5.74, 6) is 0.0738. The van der Waals surface area contributed by atoms with Gasteiger partial charge in [-0.2, -0.15) is 0 Å². The Morgan fingerprint density at radius 1 is 1.48 bits per heavy atom. The van der Waals surface area contributed by atoms with E-state index in [4.69, 9.17) is 22.5 Å². The quantitative estimate of drug-likeness (QED) is 0.344. The van der Waals surface area contributed by atoms with Crippen LogP contribution in [0.2, 0.25) is 5.02 Å². The molecule has 0 aliphatic heterocycles. The Hall–Kier alpha value is -1.75. The first kappa shape index (κ1) is 17.3. The molecule has 0 heterocycles. The first-order valence-electron chi connectivity index (χ1n) is 6.72. The van der Waals surface area contributed by atoms with Gasteiger partial charge in [0.25, 0.3) is 0 Å². The highest BCUT2D eigenvalue weighted by Gasteiger charge is 2.22. The molecule has 0 radical (unpaired) electrons. The predicted molar refractivity (Wildman–Crippen MR) is 85.8 cm³/mol. The van der Waals surface area contributed by atoms with Crippen LogP contribution in [0.15, 0.2) is 23.4 Å². The molecule has 0 saturated heterocycles. The maximum absolute atomic E-state index is 12.1. The summed E-state index contributed by atoms with van der Waals surface area (Å²) in [6.07, 6.45) is 0.396. The molecule has 1 amide bonds. The van der Waals surface area contributed by atoms with E-state index in [1.165, 1.54) is 0 Å². The smallest absolute Gasteiger partial charge is 0.224 e. The van der Waals surface area contributed by atoms with Crippen molar-refractivity contribution < 1.29 is 10.0 Å². The molecule has 6 heteroatoms. The lowest BCUT2D eigenvalue weighted by Crippen LogP contribution is -2.24. The number of carbonyl (C=O) groups is 1. The van der Waals surface area contributed by atoms with E-state index >= 15 is 0 Å². The van der Waals surface area contributed by atoms with E-state index in [1.807, 2.05) is 6.92 Å². The largest absolute Gasteiger partial charge is 0.409 e. The fourth-order valence-corrected chi connectivity index (χ4v) is 1.79. The third kappa shape index (κ3) is 4.93. The highest BCUT2D eigenvalue weighted by Crippen LogP contribution is 2.29. The van der Waals surface area contributed by atoms with Gasteiger partial charge in [-0.05, 0) is 29.5 Å². The summed E-state index contributed by atoms with van der Waals surface area (Å²) >= 11 is 6.06. The van der Waals surface area contributed by atoms with Crippen LogP contribution in [0.1, 0.15) is 39.7 Å². The van der Waals surface area contributed by atoms with Gasteiger partial charge >= 0.3 is 0 Å². The molecule has 5 nitrogen and oxygen atoms in total. The number of rotatable bonds is 4. The number of oxime groups is 1. The molecule has 0 bridgehead atoms. The van der Waals surface area contributed by atoms with Gasteiger partial charge < -0.3 is 16.3 Å². The molecule has 1 atom stereocenters. The molecule has 0 spiro atoms. The van der Waals surface area contributed by atoms with Gasteiger partial charge in [-0.3, -0.25) is 4.79 Å². The van der Waals surface area contributed by atoms with Gasteiger partial charge in [0, 0.05) is 12.0 Å². The SMILES string of the molecule is CC(CC(=O)Nc1cc(/C(N)=N/O)ccc1Cl)C(C)(C)C. The maximum Gasteiger partial charge on any atom is 0.224 e. The molecule has 0 saturated carbocycles. The number of hydrogen-bond acceptors (Lipinski definition) is 3. The van der Waals surface area contributed by atoms with Crippen molar-refractivity contribution in [3.8, 4) is 0 Å². The summed E-state index contributed by atoms with van der Waals surface area (Å²) in [6.45, 7) is 8.32. The van der Waals surface area contributed by atoms with E-state index in [9.17, 15) is 4.79 Å². The van der Waals surface area contributed by atoms with E-state index in [0.29, 0.717) is 22.7 Å². The minimum atomic E-state index is -0.115. The number of carbonyl (C=O) groups excluding carboxylic acids is 1. The molecule has 0 fully saturated rings. The van der Waals surface area contributed by atoms with E-state index in [1.54, 1.807) is 18.2 Å². The van der Waals surface area contributed by atoms with Gasteiger partial charge in [0.1, 0.15) is 0 Å². The van der Waals surface area contributed by atoms with Crippen molar-refractivity contribution in [1.29, 1.82) is 0 Å². The summed E-state index contributed by atoms with van der Waals surface area (Å²) in [5, 5.41) is 14.8. The minimum Gasteiger partial charge on any atom is -0.409 e. The lowest BCUT2D eigenvalue weighted by Gasteiger charge is -2.26. The molecule has 0 aromatic heterocycles. The van der Waals surface area contributed by atoms with Gasteiger partial charge in [-0.15, -0.1) is 0 Å². The molecular formula is C15H22ClN3O2. The van der Waals surface area contributed by atoms with Crippen LogP contribution in [0.4, 0.5) is 5.69 Å². The summed E-state index contributed by atoms with van der Waals surface area (Å²) in [4.78, 5) is 12.1. The van der Waals surface area contributed by atoms with Gasteiger partial charge in [0.2, 0.25) is 5.91 Å². The van der Waals surface area contributed by atoms with Crippen molar-refractivity contribution in [2.24, 2.45) is 22.2 Å². The number of benzene rings is 1. The van der Waals surface area contributed by atoms with E-state index in [-0.39, 0.29) is 23.1 Å². The molecule has 1 aromatic carbocycles. The Kier molecular flexibility index (Phi) is 5.61. The number of amidine groups is 1. The molecule has 21 heavy (non-hydrogen) atoms. The number of nitrogens with zero attached hydrogens (tertiary/aromatic N) is 1.